The van der Waals surface area contributed by atoms with E-state index in [1.165, 1.54) is 11.3 Å². The van der Waals surface area contributed by atoms with Gasteiger partial charge in [-0.25, -0.2) is 9.78 Å². The zero-order valence-electron chi connectivity index (χ0n) is 15.4. The second-order valence-corrected chi connectivity index (χ2v) is 8.07. The number of likely N-dealkylation sites (tertiary alicyclic amines) is 1. The predicted octanol–water partition coefficient (Wildman–Crippen LogP) is 2.21. The number of rotatable bonds is 5. The molecule has 3 amide bonds. The molecule has 0 bridgehead atoms. The molecular formula is C19H20N4O5S. The zero-order chi connectivity index (χ0) is 20.5. The third-order valence-corrected chi connectivity index (χ3v) is 5.72. The molecule has 2 atom stereocenters. The van der Waals surface area contributed by atoms with Gasteiger partial charge in [-0.15, -0.1) is 11.3 Å². The quantitative estimate of drug-likeness (QED) is 0.591. The molecule has 152 valence electrons. The first-order valence-electron chi connectivity index (χ1n) is 9.26. The van der Waals surface area contributed by atoms with Crippen LogP contribution in [0.15, 0.2) is 29.6 Å². The number of amides is 3. The molecule has 1 aromatic carbocycles. The van der Waals surface area contributed by atoms with Gasteiger partial charge in [0.2, 0.25) is 11.8 Å². The minimum Gasteiger partial charge on any atom is -0.465 e. The lowest BCUT2D eigenvalue weighted by Gasteiger charge is -2.19. The van der Waals surface area contributed by atoms with Crippen LogP contribution in [-0.4, -0.2) is 56.7 Å². The van der Waals surface area contributed by atoms with E-state index in [4.69, 9.17) is 0 Å². The molecule has 1 saturated heterocycles. The van der Waals surface area contributed by atoms with Crippen LogP contribution in [0.3, 0.4) is 0 Å². The third kappa shape index (κ3) is 4.38. The van der Waals surface area contributed by atoms with E-state index in [9.17, 15) is 24.6 Å². The fourth-order valence-corrected chi connectivity index (χ4v) is 3.96. The Morgan fingerprint density at radius 3 is 2.48 bits per heavy atom. The van der Waals surface area contributed by atoms with Gasteiger partial charge in [0.15, 0.2) is 5.13 Å². The Morgan fingerprint density at radius 2 is 1.83 bits per heavy atom. The number of carboxylic acid groups (broad SMARTS) is 1. The maximum Gasteiger partial charge on any atom is 0.408 e. The molecular weight excluding hydrogens is 396 g/mol. The molecule has 2 aromatic rings. The van der Waals surface area contributed by atoms with E-state index in [1.54, 1.807) is 17.5 Å². The number of hydrogen-bond donors (Lipinski definition) is 4. The van der Waals surface area contributed by atoms with Gasteiger partial charge in [0.05, 0.1) is 18.3 Å². The molecule has 2 heterocycles. The van der Waals surface area contributed by atoms with E-state index in [0.29, 0.717) is 10.8 Å². The molecule has 1 aliphatic heterocycles. The van der Waals surface area contributed by atoms with E-state index in [0.717, 1.165) is 29.0 Å². The van der Waals surface area contributed by atoms with Crippen molar-refractivity contribution in [2.24, 2.45) is 5.92 Å². The van der Waals surface area contributed by atoms with Crippen molar-refractivity contribution in [1.29, 1.82) is 0 Å². The van der Waals surface area contributed by atoms with Gasteiger partial charge in [0.25, 0.3) is 0 Å². The Hall–Kier alpha value is -2.98. The highest BCUT2D eigenvalue weighted by Crippen LogP contribution is 2.31. The van der Waals surface area contributed by atoms with E-state index in [-0.39, 0.29) is 24.8 Å². The van der Waals surface area contributed by atoms with E-state index in [2.05, 4.69) is 15.6 Å². The van der Waals surface area contributed by atoms with E-state index in [1.807, 2.05) is 12.1 Å². The summed E-state index contributed by atoms with van der Waals surface area (Å²) in [4.78, 5) is 40.8. The second kappa shape index (κ2) is 7.80. The van der Waals surface area contributed by atoms with Crippen LogP contribution in [0.4, 0.5) is 15.6 Å². The molecule has 10 heteroatoms. The molecule has 1 saturated carbocycles. The van der Waals surface area contributed by atoms with Gasteiger partial charge < -0.3 is 20.8 Å². The number of thiazole rings is 1. The largest absolute Gasteiger partial charge is 0.465 e. The Kier molecular flexibility index (Phi) is 5.20. The summed E-state index contributed by atoms with van der Waals surface area (Å²) in [5, 5.41) is 26.5. The van der Waals surface area contributed by atoms with Gasteiger partial charge in [-0.2, -0.15) is 0 Å². The number of nitrogens with zero attached hydrogens (tertiary/aromatic N) is 2. The Bertz CT molecular complexity index is 940. The number of aliphatic hydroxyl groups excluding tert-OH is 1. The molecule has 0 radical (unpaired) electrons. The number of carbonyl (C=O) groups is 3. The number of anilines is 2. The Balaban J connectivity index is 1.39. The van der Waals surface area contributed by atoms with Crippen LogP contribution in [0.1, 0.15) is 19.3 Å². The summed E-state index contributed by atoms with van der Waals surface area (Å²) in [6, 6.07) is 6.34. The summed E-state index contributed by atoms with van der Waals surface area (Å²) in [5.41, 5.74) is 2.21. The highest BCUT2D eigenvalue weighted by Gasteiger charge is 2.39. The van der Waals surface area contributed by atoms with Crippen molar-refractivity contribution >= 4 is 40.1 Å². The molecule has 0 spiro atoms. The van der Waals surface area contributed by atoms with Gasteiger partial charge in [0.1, 0.15) is 6.04 Å². The van der Waals surface area contributed by atoms with Crippen molar-refractivity contribution in [3.63, 3.8) is 0 Å². The van der Waals surface area contributed by atoms with Gasteiger partial charge >= 0.3 is 6.09 Å². The predicted molar refractivity (Wildman–Crippen MR) is 107 cm³/mol. The van der Waals surface area contributed by atoms with Crippen LogP contribution < -0.4 is 10.6 Å². The van der Waals surface area contributed by atoms with Crippen molar-refractivity contribution in [2.45, 2.75) is 31.4 Å². The number of β-amino-alcohol motifs (C(OH)–C–C–N with tert-alkyl or cyclic N) is 1. The molecule has 2 unspecified atom stereocenters. The van der Waals surface area contributed by atoms with Crippen molar-refractivity contribution in [3.05, 3.63) is 29.6 Å². The summed E-state index contributed by atoms with van der Waals surface area (Å²) in [7, 11) is 0. The average Bonchev–Trinajstić information content (AvgIpc) is 3.32. The zero-order valence-corrected chi connectivity index (χ0v) is 16.2. The maximum atomic E-state index is 12.4. The van der Waals surface area contributed by atoms with Crippen molar-refractivity contribution in [3.8, 4) is 11.3 Å². The van der Waals surface area contributed by atoms with E-state index < -0.39 is 24.1 Å². The first kappa shape index (κ1) is 19.3. The normalized spacial score (nSPS) is 21.1. The first-order chi connectivity index (χ1) is 13.9. The van der Waals surface area contributed by atoms with Crippen LogP contribution in [0, 0.1) is 5.92 Å². The number of benzene rings is 1. The highest BCUT2D eigenvalue weighted by molar-refractivity contribution is 7.14. The summed E-state index contributed by atoms with van der Waals surface area (Å²) in [5.74, 6) is -0.329. The molecule has 29 heavy (non-hydrogen) atoms. The number of aliphatic hydroxyl groups is 1. The van der Waals surface area contributed by atoms with Crippen LogP contribution in [-0.2, 0) is 9.59 Å². The smallest absolute Gasteiger partial charge is 0.408 e. The van der Waals surface area contributed by atoms with E-state index >= 15 is 0 Å². The average molecular weight is 416 g/mol. The molecule has 2 aliphatic rings. The molecule has 4 N–H and O–H groups in total. The second-order valence-electron chi connectivity index (χ2n) is 7.21. The summed E-state index contributed by atoms with van der Waals surface area (Å²) in [6.07, 6.45) is -0.143. The van der Waals surface area contributed by atoms with Gasteiger partial charge in [-0.1, -0.05) is 12.1 Å². The van der Waals surface area contributed by atoms with Crippen LogP contribution in [0.5, 0.6) is 0 Å². The Labute approximate surface area is 170 Å². The number of hydrogen-bond acceptors (Lipinski definition) is 6. The lowest BCUT2D eigenvalue weighted by Crippen LogP contribution is -2.42. The van der Waals surface area contributed by atoms with Crippen molar-refractivity contribution in [2.75, 3.05) is 17.2 Å². The van der Waals surface area contributed by atoms with Gasteiger partial charge in [-0.05, 0) is 25.0 Å². The fraction of sp³-hybridized carbons (Fsp3) is 0.368. The highest BCUT2D eigenvalue weighted by atomic mass is 32.1. The first-order valence-corrected chi connectivity index (χ1v) is 10.1. The lowest BCUT2D eigenvalue weighted by molar-refractivity contribution is -0.120. The number of aromatic nitrogens is 1. The topological polar surface area (TPSA) is 132 Å². The van der Waals surface area contributed by atoms with Crippen molar-refractivity contribution in [1.82, 2.24) is 9.88 Å². The lowest BCUT2D eigenvalue weighted by atomic mass is 10.1. The van der Waals surface area contributed by atoms with Crippen LogP contribution in [0.25, 0.3) is 11.3 Å². The molecule has 2 fully saturated rings. The fourth-order valence-electron chi connectivity index (χ4n) is 3.24. The molecule has 1 aromatic heterocycles. The SMILES string of the molecule is O=C(Nc1ccc(-c2csc(NC(=O)C3CC(O)CN3C(=O)O)n2)cc1)C1CC1. The van der Waals surface area contributed by atoms with Gasteiger partial charge in [-0.3, -0.25) is 14.5 Å². The molecule has 4 rings (SSSR count). The van der Waals surface area contributed by atoms with Crippen molar-refractivity contribution < 1.29 is 24.6 Å². The molecule has 9 nitrogen and oxygen atoms in total. The summed E-state index contributed by atoms with van der Waals surface area (Å²) >= 11 is 1.23. The van der Waals surface area contributed by atoms with Gasteiger partial charge in [0, 0.05) is 29.0 Å². The number of nitrogens with one attached hydrogen (secondary N) is 2. The third-order valence-electron chi connectivity index (χ3n) is 4.96. The summed E-state index contributed by atoms with van der Waals surface area (Å²) < 4.78 is 0. The minimum atomic E-state index is -1.24. The summed E-state index contributed by atoms with van der Waals surface area (Å²) in [6.45, 7) is -0.0832. The maximum absolute atomic E-state index is 12.4. The monoisotopic (exact) mass is 416 g/mol. The Morgan fingerprint density at radius 1 is 1.10 bits per heavy atom. The van der Waals surface area contributed by atoms with Crippen LogP contribution in [0.2, 0.25) is 0 Å². The standard InChI is InChI=1S/C19H20N4O5S/c24-13-7-15(23(8-13)19(27)28)17(26)22-18-21-14(9-29-18)10-3-5-12(6-4-10)20-16(25)11-1-2-11/h3-6,9,11,13,15,24H,1-2,7-8H2,(H,20,25)(H,27,28)(H,21,22,26). The number of carbonyl (C=O) groups excluding carboxylic acids is 2. The molecule has 1 aliphatic carbocycles. The minimum absolute atomic E-state index is 0.0452. The van der Waals surface area contributed by atoms with Crippen LogP contribution >= 0.6 is 11.3 Å².